The Kier molecular flexibility index (Phi) is 2.03. The van der Waals surface area contributed by atoms with Crippen LogP contribution in [0.2, 0.25) is 0 Å². The van der Waals surface area contributed by atoms with E-state index >= 15 is 0 Å². The molecule has 0 aliphatic carbocycles. The maximum atomic E-state index is 12.3. The van der Waals surface area contributed by atoms with Crippen molar-refractivity contribution in [3.05, 3.63) is 28.1 Å². The molecule has 0 spiro atoms. The summed E-state index contributed by atoms with van der Waals surface area (Å²) in [5.74, 6) is 0. The van der Waals surface area contributed by atoms with Crippen molar-refractivity contribution in [2.75, 3.05) is 0 Å². The second kappa shape index (κ2) is 3.06. The molecule has 0 N–H and O–H groups in total. The Hall–Kier alpha value is -0.970. The van der Waals surface area contributed by atoms with Crippen LogP contribution in [0, 0.1) is 6.92 Å². The summed E-state index contributed by atoms with van der Waals surface area (Å²) in [5.41, 5.74) is 1.99. The number of alkyl halides is 1. The molecule has 0 aliphatic rings. The minimum absolute atomic E-state index is 0.442. The second-order valence-electron chi connectivity index (χ2n) is 2.76. The highest BCUT2D eigenvalue weighted by Gasteiger charge is 2.04. The first-order chi connectivity index (χ1) is 6.20. The van der Waals surface area contributed by atoms with Crippen LogP contribution in [-0.4, -0.2) is 14.6 Å². The van der Waals surface area contributed by atoms with Crippen LogP contribution < -0.4 is 0 Å². The standard InChI is InChI=1S/C8H7BrFN3/c1-5-2-6(4-10)11-8-3-7(9)12-13(5)8/h2-3H,4H2,1H3. The number of aromatic nitrogens is 3. The molecule has 0 aromatic carbocycles. The lowest BCUT2D eigenvalue weighted by molar-refractivity contribution is 0.475. The fraction of sp³-hybridized carbons (Fsp3) is 0.250. The van der Waals surface area contributed by atoms with Crippen LogP contribution in [-0.2, 0) is 6.67 Å². The molecule has 5 heteroatoms. The summed E-state index contributed by atoms with van der Waals surface area (Å²) in [6, 6.07) is 3.44. The van der Waals surface area contributed by atoms with E-state index in [1.54, 1.807) is 16.6 Å². The van der Waals surface area contributed by atoms with Gasteiger partial charge >= 0.3 is 0 Å². The van der Waals surface area contributed by atoms with Crippen molar-refractivity contribution in [1.82, 2.24) is 14.6 Å². The Morgan fingerprint density at radius 3 is 3.00 bits per heavy atom. The fourth-order valence-corrected chi connectivity index (χ4v) is 1.60. The van der Waals surface area contributed by atoms with Crippen molar-refractivity contribution in [2.45, 2.75) is 13.6 Å². The molecule has 0 atom stereocenters. The molecule has 68 valence electrons. The van der Waals surface area contributed by atoms with Gasteiger partial charge in [-0.1, -0.05) is 0 Å². The number of halogens is 2. The number of hydrogen-bond acceptors (Lipinski definition) is 2. The summed E-state index contributed by atoms with van der Waals surface area (Å²) in [6.45, 7) is 1.33. The topological polar surface area (TPSA) is 30.2 Å². The maximum absolute atomic E-state index is 12.3. The zero-order valence-electron chi connectivity index (χ0n) is 6.96. The smallest absolute Gasteiger partial charge is 0.156 e. The van der Waals surface area contributed by atoms with E-state index < -0.39 is 6.67 Å². The lowest BCUT2D eigenvalue weighted by Gasteiger charge is -1.99. The summed E-state index contributed by atoms with van der Waals surface area (Å²) in [7, 11) is 0. The number of aryl methyl sites for hydroxylation is 1. The molecular weight excluding hydrogens is 237 g/mol. The third-order valence-electron chi connectivity index (χ3n) is 1.77. The first-order valence-electron chi connectivity index (χ1n) is 3.78. The van der Waals surface area contributed by atoms with Crippen LogP contribution in [0.15, 0.2) is 16.7 Å². The molecular formula is C8H7BrFN3. The molecule has 0 aliphatic heterocycles. The lowest BCUT2D eigenvalue weighted by atomic mass is 10.3. The molecule has 0 radical (unpaired) electrons. The lowest BCUT2D eigenvalue weighted by Crippen LogP contribution is -1.98. The Bertz CT molecular complexity index is 452. The van der Waals surface area contributed by atoms with Crippen LogP contribution in [0.3, 0.4) is 0 Å². The average molecular weight is 244 g/mol. The third-order valence-corrected chi connectivity index (χ3v) is 2.15. The molecule has 0 bridgehead atoms. The first kappa shape index (κ1) is 8.62. The van der Waals surface area contributed by atoms with E-state index in [1.165, 1.54) is 0 Å². The minimum atomic E-state index is -0.542. The maximum Gasteiger partial charge on any atom is 0.156 e. The summed E-state index contributed by atoms with van der Waals surface area (Å²) in [5, 5.41) is 4.14. The molecule has 2 rings (SSSR count). The zero-order chi connectivity index (χ0) is 9.42. The Balaban J connectivity index is 2.75. The van der Waals surface area contributed by atoms with Gasteiger partial charge in [-0.3, -0.25) is 0 Å². The van der Waals surface area contributed by atoms with E-state index in [4.69, 9.17) is 0 Å². The summed E-state index contributed by atoms with van der Waals surface area (Å²) in [6.07, 6.45) is 0. The van der Waals surface area contributed by atoms with Crippen LogP contribution >= 0.6 is 15.9 Å². The van der Waals surface area contributed by atoms with Crippen molar-refractivity contribution < 1.29 is 4.39 Å². The van der Waals surface area contributed by atoms with Crippen molar-refractivity contribution in [3.63, 3.8) is 0 Å². The van der Waals surface area contributed by atoms with Crippen LogP contribution in [0.5, 0.6) is 0 Å². The Morgan fingerprint density at radius 1 is 1.54 bits per heavy atom. The highest BCUT2D eigenvalue weighted by atomic mass is 79.9. The molecule has 0 saturated heterocycles. The number of fused-ring (bicyclic) bond motifs is 1. The number of nitrogens with zero attached hydrogens (tertiary/aromatic N) is 3. The third kappa shape index (κ3) is 1.44. The van der Waals surface area contributed by atoms with Crippen molar-refractivity contribution in [1.29, 1.82) is 0 Å². The van der Waals surface area contributed by atoms with E-state index in [0.29, 0.717) is 15.9 Å². The summed E-state index contributed by atoms with van der Waals surface area (Å²) < 4.78 is 14.7. The summed E-state index contributed by atoms with van der Waals surface area (Å²) in [4.78, 5) is 4.07. The molecule has 2 heterocycles. The predicted octanol–water partition coefficient (Wildman–Crippen LogP) is 2.27. The van der Waals surface area contributed by atoms with Gasteiger partial charge in [-0.05, 0) is 28.9 Å². The molecule has 3 nitrogen and oxygen atoms in total. The minimum Gasteiger partial charge on any atom is -0.244 e. The Labute approximate surface area is 82.7 Å². The van der Waals surface area contributed by atoms with Gasteiger partial charge in [-0.2, -0.15) is 5.10 Å². The normalized spacial score (nSPS) is 11.0. The molecule has 0 amide bonds. The second-order valence-corrected chi connectivity index (χ2v) is 3.57. The van der Waals surface area contributed by atoms with Gasteiger partial charge in [0, 0.05) is 11.8 Å². The van der Waals surface area contributed by atoms with E-state index in [9.17, 15) is 4.39 Å². The fourth-order valence-electron chi connectivity index (χ4n) is 1.23. The van der Waals surface area contributed by atoms with Crippen molar-refractivity contribution in [2.24, 2.45) is 0 Å². The first-order valence-corrected chi connectivity index (χ1v) is 4.58. The molecule has 0 unspecified atom stereocenters. The largest absolute Gasteiger partial charge is 0.244 e. The van der Waals surface area contributed by atoms with Gasteiger partial charge in [0.1, 0.15) is 11.3 Å². The van der Waals surface area contributed by atoms with Crippen LogP contribution in [0.1, 0.15) is 11.4 Å². The van der Waals surface area contributed by atoms with Gasteiger partial charge in [-0.15, -0.1) is 0 Å². The highest BCUT2D eigenvalue weighted by Crippen LogP contribution is 2.13. The monoisotopic (exact) mass is 243 g/mol. The van der Waals surface area contributed by atoms with Gasteiger partial charge in [0.2, 0.25) is 0 Å². The number of rotatable bonds is 1. The quantitative estimate of drug-likeness (QED) is 0.770. The van der Waals surface area contributed by atoms with Gasteiger partial charge in [0.05, 0.1) is 5.69 Å². The van der Waals surface area contributed by atoms with Gasteiger partial charge in [0.25, 0.3) is 0 Å². The Morgan fingerprint density at radius 2 is 2.31 bits per heavy atom. The van der Waals surface area contributed by atoms with Crippen molar-refractivity contribution >= 4 is 21.6 Å². The molecule has 0 saturated carbocycles. The zero-order valence-corrected chi connectivity index (χ0v) is 8.55. The van der Waals surface area contributed by atoms with Gasteiger partial charge < -0.3 is 0 Å². The van der Waals surface area contributed by atoms with Gasteiger partial charge in [0.15, 0.2) is 5.65 Å². The van der Waals surface area contributed by atoms with E-state index in [0.717, 1.165) is 5.69 Å². The molecule has 13 heavy (non-hydrogen) atoms. The predicted molar refractivity (Wildman–Crippen MR) is 50.2 cm³/mol. The highest BCUT2D eigenvalue weighted by molar-refractivity contribution is 9.10. The summed E-state index contributed by atoms with van der Waals surface area (Å²) >= 11 is 3.24. The number of hydrogen-bond donors (Lipinski definition) is 0. The molecule has 2 aromatic rings. The SMILES string of the molecule is Cc1cc(CF)nc2cc(Br)nn12. The van der Waals surface area contributed by atoms with Gasteiger partial charge in [-0.25, -0.2) is 13.9 Å². The van der Waals surface area contributed by atoms with E-state index in [2.05, 4.69) is 26.0 Å². The van der Waals surface area contributed by atoms with Crippen molar-refractivity contribution in [3.8, 4) is 0 Å². The van der Waals surface area contributed by atoms with E-state index in [-0.39, 0.29) is 0 Å². The molecule has 2 aromatic heterocycles. The van der Waals surface area contributed by atoms with E-state index in [1.807, 2.05) is 6.92 Å². The molecule has 0 fully saturated rings. The average Bonchev–Trinajstić information content (AvgIpc) is 2.46. The van der Waals surface area contributed by atoms with Crippen LogP contribution in [0.4, 0.5) is 4.39 Å². The van der Waals surface area contributed by atoms with Crippen LogP contribution in [0.25, 0.3) is 5.65 Å².